The fourth-order valence-corrected chi connectivity index (χ4v) is 4.63. The molecule has 0 radical (unpaired) electrons. The lowest BCUT2D eigenvalue weighted by Gasteiger charge is -2.30. The van der Waals surface area contributed by atoms with Gasteiger partial charge in [0.25, 0.3) is 5.69 Å². The van der Waals surface area contributed by atoms with Gasteiger partial charge in [0, 0.05) is 29.8 Å². The Morgan fingerprint density at radius 3 is 2.41 bits per heavy atom. The number of hydrogen-bond acceptors (Lipinski definition) is 5. The molecule has 2 aliphatic rings. The summed E-state index contributed by atoms with van der Waals surface area (Å²) in [5.74, 6) is -0.0567. The number of ketones is 1. The van der Waals surface area contributed by atoms with Crippen molar-refractivity contribution in [2.24, 2.45) is 0 Å². The van der Waals surface area contributed by atoms with Crippen LogP contribution in [0.25, 0.3) is 0 Å². The van der Waals surface area contributed by atoms with E-state index in [9.17, 15) is 14.9 Å². The highest BCUT2D eigenvalue weighted by molar-refractivity contribution is 6.01. The largest absolute Gasteiger partial charge is 0.372 e. The lowest BCUT2D eigenvalue weighted by atomic mass is 9.78. The Balaban J connectivity index is 1.59. The highest BCUT2D eigenvalue weighted by atomic mass is 16.6. The smallest absolute Gasteiger partial charge is 0.269 e. The molecule has 2 atom stereocenters. The summed E-state index contributed by atoms with van der Waals surface area (Å²) in [5, 5.41) is 18.3. The van der Waals surface area contributed by atoms with Crippen LogP contribution in [0, 0.1) is 17.0 Å². The van der Waals surface area contributed by atoms with Crippen molar-refractivity contribution in [3.8, 4) is 0 Å². The van der Waals surface area contributed by atoms with Gasteiger partial charge in [0.2, 0.25) is 0 Å². The Morgan fingerprint density at radius 1 is 0.906 bits per heavy atom. The number of nitro groups is 1. The lowest BCUT2D eigenvalue weighted by Crippen LogP contribution is -2.26. The molecule has 3 aromatic carbocycles. The maximum Gasteiger partial charge on any atom is 0.269 e. The first-order valence-electron chi connectivity index (χ1n) is 10.7. The zero-order chi connectivity index (χ0) is 22.2. The Bertz CT molecular complexity index is 1250. The number of nitrogens with one attached hydrogen (secondary N) is 2. The highest BCUT2D eigenvalue weighted by Gasteiger charge is 2.36. The van der Waals surface area contributed by atoms with Gasteiger partial charge >= 0.3 is 0 Å². The van der Waals surface area contributed by atoms with Crippen LogP contribution in [0.5, 0.6) is 0 Å². The van der Waals surface area contributed by atoms with Gasteiger partial charge in [-0.15, -0.1) is 0 Å². The SMILES string of the molecule is Cc1ccc([C@@H]2Nc3ccccc3NC3=C2C(=O)C[C@@H](c2cccc([N+](=O)[O-])c2)C3)cc1. The lowest BCUT2D eigenvalue weighted by molar-refractivity contribution is -0.384. The van der Waals surface area contributed by atoms with E-state index in [0.29, 0.717) is 12.8 Å². The average Bonchev–Trinajstić information content (AvgIpc) is 2.96. The Hall–Kier alpha value is -3.93. The first-order valence-corrected chi connectivity index (χ1v) is 10.7. The van der Waals surface area contributed by atoms with Crippen LogP contribution in [0.15, 0.2) is 84.1 Å². The van der Waals surface area contributed by atoms with Crippen LogP contribution in [0.4, 0.5) is 17.1 Å². The number of allylic oxidation sites excluding steroid dienone is 1. The molecular weight excluding hydrogens is 402 g/mol. The third-order valence-corrected chi connectivity index (χ3v) is 6.27. The fraction of sp³-hybridized carbons (Fsp3) is 0.192. The number of hydrogen-bond donors (Lipinski definition) is 2. The van der Waals surface area contributed by atoms with Crippen molar-refractivity contribution in [3.63, 3.8) is 0 Å². The predicted molar refractivity (Wildman–Crippen MR) is 125 cm³/mol. The van der Waals surface area contributed by atoms with E-state index in [1.807, 2.05) is 37.3 Å². The van der Waals surface area contributed by atoms with Crippen molar-refractivity contribution >= 4 is 22.8 Å². The van der Waals surface area contributed by atoms with E-state index in [1.165, 1.54) is 6.07 Å². The molecule has 0 saturated heterocycles. The van der Waals surface area contributed by atoms with E-state index >= 15 is 0 Å². The number of fused-ring (bicyclic) bond motifs is 1. The van der Waals surface area contributed by atoms with Gasteiger partial charge in [-0.2, -0.15) is 0 Å². The fourth-order valence-electron chi connectivity index (χ4n) is 4.63. The zero-order valence-electron chi connectivity index (χ0n) is 17.7. The van der Waals surface area contributed by atoms with E-state index in [1.54, 1.807) is 12.1 Å². The molecule has 1 heterocycles. The molecular formula is C26H23N3O3. The molecule has 0 fully saturated rings. The molecule has 0 amide bonds. The first kappa shape index (κ1) is 20.0. The molecule has 2 N–H and O–H groups in total. The number of Topliss-reactive ketones (excluding diaryl/α,β-unsaturated/α-hetero) is 1. The number of nitrogens with zero attached hydrogens (tertiary/aromatic N) is 1. The molecule has 32 heavy (non-hydrogen) atoms. The number of para-hydroxylation sites is 2. The minimum Gasteiger partial charge on any atom is -0.372 e. The molecule has 0 unspecified atom stereocenters. The van der Waals surface area contributed by atoms with Crippen molar-refractivity contribution in [3.05, 3.63) is 111 Å². The van der Waals surface area contributed by atoms with Crippen LogP contribution in [-0.2, 0) is 4.79 Å². The van der Waals surface area contributed by atoms with Gasteiger partial charge < -0.3 is 10.6 Å². The number of anilines is 2. The van der Waals surface area contributed by atoms with Gasteiger partial charge in [0.1, 0.15) is 0 Å². The molecule has 160 valence electrons. The number of aryl methyl sites for hydroxylation is 1. The minimum absolute atomic E-state index is 0.0492. The quantitative estimate of drug-likeness (QED) is 0.404. The van der Waals surface area contributed by atoms with Gasteiger partial charge in [0.15, 0.2) is 5.78 Å². The van der Waals surface area contributed by atoms with Crippen LogP contribution in [-0.4, -0.2) is 10.7 Å². The minimum atomic E-state index is -0.393. The van der Waals surface area contributed by atoms with Crippen LogP contribution in [0.3, 0.4) is 0 Å². The van der Waals surface area contributed by atoms with E-state index in [-0.39, 0.29) is 23.4 Å². The molecule has 0 saturated carbocycles. The molecule has 1 aliphatic carbocycles. The Kier molecular flexibility index (Phi) is 4.98. The molecule has 5 rings (SSSR count). The number of non-ortho nitro benzene ring substituents is 1. The Labute approximate surface area is 186 Å². The number of benzene rings is 3. The molecule has 1 aliphatic heterocycles. The second-order valence-corrected chi connectivity index (χ2v) is 8.43. The molecule has 0 spiro atoms. The zero-order valence-corrected chi connectivity index (χ0v) is 17.7. The summed E-state index contributed by atoms with van der Waals surface area (Å²) >= 11 is 0. The molecule has 3 aromatic rings. The van der Waals surface area contributed by atoms with Crippen LogP contribution >= 0.6 is 0 Å². The van der Waals surface area contributed by atoms with Crippen LogP contribution in [0.2, 0.25) is 0 Å². The maximum atomic E-state index is 13.5. The van der Waals surface area contributed by atoms with Crippen molar-refractivity contribution < 1.29 is 9.72 Å². The predicted octanol–water partition coefficient (Wildman–Crippen LogP) is 5.88. The van der Waals surface area contributed by atoms with Gasteiger partial charge in [0.05, 0.1) is 22.3 Å². The summed E-state index contributed by atoms with van der Waals surface area (Å²) in [5.41, 5.74) is 6.53. The van der Waals surface area contributed by atoms with Crippen molar-refractivity contribution in [1.82, 2.24) is 0 Å². The summed E-state index contributed by atoms with van der Waals surface area (Å²) in [4.78, 5) is 24.4. The maximum absolute atomic E-state index is 13.5. The summed E-state index contributed by atoms with van der Waals surface area (Å²) < 4.78 is 0. The Morgan fingerprint density at radius 2 is 1.66 bits per heavy atom. The van der Waals surface area contributed by atoms with Gasteiger partial charge in [-0.05, 0) is 42.5 Å². The monoisotopic (exact) mass is 425 g/mol. The summed E-state index contributed by atoms with van der Waals surface area (Å²) in [6, 6.07) is 22.5. The molecule has 6 nitrogen and oxygen atoms in total. The third kappa shape index (κ3) is 3.64. The van der Waals surface area contributed by atoms with Crippen molar-refractivity contribution in [2.75, 3.05) is 10.6 Å². The number of rotatable bonds is 3. The number of carbonyl (C=O) groups is 1. The van der Waals surface area contributed by atoms with E-state index < -0.39 is 4.92 Å². The number of carbonyl (C=O) groups excluding carboxylic acids is 1. The molecule has 0 aromatic heterocycles. The van der Waals surface area contributed by atoms with Crippen LogP contribution in [0.1, 0.15) is 41.5 Å². The molecule has 6 heteroatoms. The first-order chi connectivity index (χ1) is 15.5. The van der Waals surface area contributed by atoms with Crippen LogP contribution < -0.4 is 10.6 Å². The molecule has 0 bridgehead atoms. The standard InChI is InChI=1S/C26H23N3O3/c1-16-9-11-17(12-10-16)26-25-23(27-21-7-2-3-8-22(21)28-26)14-19(15-24(25)30)18-5-4-6-20(13-18)29(31)32/h2-13,19,26-28H,14-15H2,1H3/t19-,26-/m0/s1. The third-order valence-electron chi connectivity index (χ3n) is 6.27. The van der Waals surface area contributed by atoms with Gasteiger partial charge in [-0.3, -0.25) is 14.9 Å². The summed E-state index contributed by atoms with van der Waals surface area (Å²) in [6.45, 7) is 2.04. The van der Waals surface area contributed by atoms with Gasteiger partial charge in [-0.1, -0.05) is 54.1 Å². The normalized spacial score (nSPS) is 19.8. The van der Waals surface area contributed by atoms with E-state index in [4.69, 9.17) is 0 Å². The van der Waals surface area contributed by atoms with Crippen molar-refractivity contribution in [2.45, 2.75) is 31.7 Å². The highest BCUT2D eigenvalue weighted by Crippen LogP contribution is 2.44. The summed E-state index contributed by atoms with van der Waals surface area (Å²) in [6.07, 6.45) is 0.933. The second-order valence-electron chi connectivity index (χ2n) is 8.43. The topological polar surface area (TPSA) is 84.3 Å². The van der Waals surface area contributed by atoms with E-state index in [2.05, 4.69) is 34.9 Å². The van der Waals surface area contributed by atoms with Crippen molar-refractivity contribution in [1.29, 1.82) is 0 Å². The van der Waals surface area contributed by atoms with E-state index in [0.717, 1.165) is 39.3 Å². The summed E-state index contributed by atoms with van der Waals surface area (Å²) in [7, 11) is 0. The average molecular weight is 425 g/mol. The van der Waals surface area contributed by atoms with Gasteiger partial charge in [-0.25, -0.2) is 0 Å². The second kappa shape index (κ2) is 7.96. The number of nitro benzene ring substituents is 1.